The van der Waals surface area contributed by atoms with Gasteiger partial charge in [-0.3, -0.25) is 4.79 Å². The molecule has 156 valence electrons. The number of anilines is 2. The first-order chi connectivity index (χ1) is 14.1. The smallest absolute Gasteiger partial charge is 0.279 e. The van der Waals surface area contributed by atoms with Crippen LogP contribution in [-0.2, 0) is 19.3 Å². The summed E-state index contributed by atoms with van der Waals surface area (Å²) in [4.78, 5) is 15.5. The summed E-state index contributed by atoms with van der Waals surface area (Å²) in [6.07, 6.45) is 5.97. The molecule has 1 aliphatic carbocycles. The summed E-state index contributed by atoms with van der Waals surface area (Å²) in [5.41, 5.74) is 14.1. The molecule has 1 aliphatic heterocycles. The molecule has 0 unspecified atom stereocenters. The molecule has 0 fully saturated rings. The van der Waals surface area contributed by atoms with Crippen LogP contribution in [0.2, 0.25) is 0 Å². The van der Waals surface area contributed by atoms with Gasteiger partial charge in [0.25, 0.3) is 5.91 Å². The first-order valence-electron chi connectivity index (χ1n) is 10.5. The molecule has 2 heterocycles. The van der Waals surface area contributed by atoms with E-state index >= 15 is 0 Å². The van der Waals surface area contributed by atoms with Crippen molar-refractivity contribution < 1.29 is 4.79 Å². The second kappa shape index (κ2) is 8.15. The minimum atomic E-state index is 0. The highest BCUT2D eigenvalue weighted by Gasteiger charge is 2.31. The van der Waals surface area contributed by atoms with E-state index in [9.17, 15) is 4.79 Å². The topological polar surface area (TPSA) is 64.2 Å². The zero-order valence-electron chi connectivity index (χ0n) is 17.2. The van der Waals surface area contributed by atoms with E-state index in [-0.39, 0.29) is 18.3 Å². The molecule has 6 heteroatoms. The lowest BCUT2D eigenvalue weighted by atomic mass is 9.94. The fraction of sp³-hybridized carbons (Fsp3) is 0.333. The molecule has 0 atom stereocenters. The highest BCUT2D eigenvalue weighted by molar-refractivity contribution is 6.07. The monoisotopic (exact) mass is 422 g/mol. The van der Waals surface area contributed by atoms with E-state index in [1.54, 1.807) is 0 Å². The van der Waals surface area contributed by atoms with Crippen molar-refractivity contribution in [2.45, 2.75) is 45.4 Å². The van der Waals surface area contributed by atoms with Crippen molar-refractivity contribution in [3.63, 3.8) is 0 Å². The number of nitrogens with zero attached hydrogens (tertiary/aromatic N) is 3. The molecular weight excluding hydrogens is 396 g/mol. The van der Waals surface area contributed by atoms with Crippen molar-refractivity contribution >= 4 is 29.7 Å². The van der Waals surface area contributed by atoms with Gasteiger partial charge in [0, 0.05) is 29.2 Å². The number of amides is 1. The number of rotatable bonds is 2. The second-order valence-electron chi connectivity index (χ2n) is 8.13. The number of nitrogen functional groups attached to an aromatic ring is 1. The zero-order valence-corrected chi connectivity index (χ0v) is 18.0. The molecule has 2 aromatic carbocycles. The average Bonchev–Trinajstić information content (AvgIpc) is 3.14. The van der Waals surface area contributed by atoms with Crippen molar-refractivity contribution in [2.75, 3.05) is 17.2 Å². The van der Waals surface area contributed by atoms with Gasteiger partial charge in [0.2, 0.25) is 0 Å². The molecule has 3 aromatic rings. The summed E-state index contributed by atoms with van der Waals surface area (Å²) < 4.78 is 1.99. The van der Waals surface area contributed by atoms with Crippen LogP contribution in [0.4, 0.5) is 11.4 Å². The number of aromatic nitrogens is 2. The molecule has 1 aromatic heterocycles. The molecule has 0 saturated heterocycles. The lowest BCUT2D eigenvalue weighted by Crippen LogP contribution is -2.36. The number of hydrogen-bond donors (Lipinski definition) is 1. The number of carbonyl (C=O) groups excluding carboxylic acids is 1. The van der Waals surface area contributed by atoms with Gasteiger partial charge in [-0.25, -0.2) is 4.68 Å². The SMILES string of the molecule is Cc1ccc(-n2nc(C(=O)N3CCCc4c(N)cccc43)c3c2CCCC3)cc1.Cl. The van der Waals surface area contributed by atoms with Crippen LogP contribution in [-0.4, -0.2) is 22.2 Å². The Bertz CT molecular complexity index is 1090. The van der Waals surface area contributed by atoms with Crippen molar-refractivity contribution in [1.82, 2.24) is 9.78 Å². The zero-order chi connectivity index (χ0) is 20.0. The number of benzene rings is 2. The molecule has 0 saturated carbocycles. The van der Waals surface area contributed by atoms with E-state index in [1.165, 1.54) is 11.3 Å². The van der Waals surface area contributed by atoms with Gasteiger partial charge in [0.05, 0.1) is 5.69 Å². The van der Waals surface area contributed by atoms with Gasteiger partial charge in [-0.05, 0) is 75.3 Å². The van der Waals surface area contributed by atoms with Crippen LogP contribution in [0, 0.1) is 6.92 Å². The Morgan fingerprint density at radius 1 is 0.967 bits per heavy atom. The third-order valence-electron chi connectivity index (χ3n) is 6.19. The molecule has 0 bridgehead atoms. The van der Waals surface area contributed by atoms with Gasteiger partial charge in [0.15, 0.2) is 5.69 Å². The second-order valence-corrected chi connectivity index (χ2v) is 8.13. The van der Waals surface area contributed by atoms with E-state index in [2.05, 4.69) is 31.2 Å². The lowest BCUT2D eigenvalue weighted by molar-refractivity contribution is 0.0979. The van der Waals surface area contributed by atoms with Crippen molar-refractivity contribution in [3.05, 3.63) is 70.5 Å². The van der Waals surface area contributed by atoms with Gasteiger partial charge in [-0.1, -0.05) is 23.8 Å². The first-order valence-corrected chi connectivity index (χ1v) is 10.5. The van der Waals surface area contributed by atoms with Gasteiger partial charge < -0.3 is 10.6 Å². The summed E-state index contributed by atoms with van der Waals surface area (Å²) >= 11 is 0. The number of nitrogens with two attached hydrogens (primary N) is 1. The van der Waals surface area contributed by atoms with Crippen LogP contribution < -0.4 is 10.6 Å². The predicted molar refractivity (Wildman–Crippen MR) is 123 cm³/mol. The predicted octanol–water partition coefficient (Wildman–Crippen LogP) is 4.66. The number of halogens is 1. The first kappa shape index (κ1) is 20.5. The molecule has 2 N–H and O–H groups in total. The minimum absolute atomic E-state index is 0. The fourth-order valence-electron chi connectivity index (χ4n) is 4.66. The van der Waals surface area contributed by atoms with Crippen LogP contribution in [0.15, 0.2) is 42.5 Å². The molecular formula is C24H27ClN4O. The fourth-order valence-corrected chi connectivity index (χ4v) is 4.66. The van der Waals surface area contributed by atoms with Crippen LogP contribution in [0.3, 0.4) is 0 Å². The van der Waals surface area contributed by atoms with Gasteiger partial charge in [-0.15, -0.1) is 12.4 Å². The molecule has 30 heavy (non-hydrogen) atoms. The number of hydrogen-bond acceptors (Lipinski definition) is 3. The molecule has 5 rings (SSSR count). The van der Waals surface area contributed by atoms with E-state index in [0.29, 0.717) is 12.2 Å². The highest BCUT2D eigenvalue weighted by atomic mass is 35.5. The standard InChI is InChI=1S/C24H26N4O.ClH/c1-16-11-13-17(14-12-16)28-22-9-3-2-6-19(22)23(26-28)24(29)27-15-5-7-18-20(25)8-4-10-21(18)27;/h4,8,10-14H,2-3,5-7,9,15,25H2,1H3;1H. The van der Waals surface area contributed by atoms with Crippen molar-refractivity contribution in [3.8, 4) is 5.69 Å². The molecule has 5 nitrogen and oxygen atoms in total. The highest BCUT2D eigenvalue weighted by Crippen LogP contribution is 2.34. The van der Waals surface area contributed by atoms with Gasteiger partial charge in [0.1, 0.15) is 0 Å². The number of fused-ring (bicyclic) bond motifs is 2. The Morgan fingerprint density at radius 3 is 2.50 bits per heavy atom. The largest absolute Gasteiger partial charge is 0.398 e. The Balaban J connectivity index is 0.00000218. The molecule has 1 amide bonds. The van der Waals surface area contributed by atoms with E-state index in [0.717, 1.165) is 66.7 Å². The summed E-state index contributed by atoms with van der Waals surface area (Å²) in [5.74, 6) is 0.000520. The Kier molecular flexibility index (Phi) is 5.56. The normalized spacial score (nSPS) is 15.2. The average molecular weight is 423 g/mol. The maximum atomic E-state index is 13.7. The quantitative estimate of drug-likeness (QED) is 0.611. The lowest BCUT2D eigenvalue weighted by Gasteiger charge is -2.30. The summed E-state index contributed by atoms with van der Waals surface area (Å²) in [6.45, 7) is 2.79. The molecule has 0 spiro atoms. The van der Waals surface area contributed by atoms with E-state index < -0.39 is 0 Å². The Hall–Kier alpha value is -2.79. The Morgan fingerprint density at radius 2 is 1.70 bits per heavy atom. The number of aryl methyl sites for hydroxylation is 1. The van der Waals surface area contributed by atoms with Crippen LogP contribution in [0.1, 0.15) is 52.1 Å². The summed E-state index contributed by atoms with van der Waals surface area (Å²) in [5, 5.41) is 4.86. The van der Waals surface area contributed by atoms with Crippen LogP contribution in [0.5, 0.6) is 0 Å². The summed E-state index contributed by atoms with van der Waals surface area (Å²) in [7, 11) is 0. The van der Waals surface area contributed by atoms with Gasteiger partial charge in [-0.2, -0.15) is 5.10 Å². The molecule has 0 radical (unpaired) electrons. The maximum absolute atomic E-state index is 13.7. The summed E-state index contributed by atoms with van der Waals surface area (Å²) in [6, 6.07) is 14.2. The van der Waals surface area contributed by atoms with Gasteiger partial charge >= 0.3 is 0 Å². The van der Waals surface area contributed by atoms with Crippen LogP contribution >= 0.6 is 12.4 Å². The Labute approximate surface area is 183 Å². The number of carbonyl (C=O) groups is 1. The van der Waals surface area contributed by atoms with E-state index in [1.807, 2.05) is 27.8 Å². The minimum Gasteiger partial charge on any atom is -0.398 e. The van der Waals surface area contributed by atoms with Crippen molar-refractivity contribution in [1.29, 1.82) is 0 Å². The molecule has 2 aliphatic rings. The maximum Gasteiger partial charge on any atom is 0.279 e. The third-order valence-corrected chi connectivity index (χ3v) is 6.19. The van der Waals surface area contributed by atoms with Crippen LogP contribution in [0.25, 0.3) is 5.69 Å². The van der Waals surface area contributed by atoms with Crippen molar-refractivity contribution in [2.24, 2.45) is 0 Å². The van der Waals surface area contributed by atoms with E-state index in [4.69, 9.17) is 10.8 Å². The third kappa shape index (κ3) is 3.37.